The number of carboxylic acid groups (broad SMARTS) is 1. The number of aliphatic carboxylic acids is 1. The molecule has 3 heterocycles. The van der Waals surface area contributed by atoms with Gasteiger partial charge in [-0.25, -0.2) is 27.3 Å². The van der Waals surface area contributed by atoms with E-state index in [9.17, 15) is 27.5 Å². The van der Waals surface area contributed by atoms with Crippen molar-refractivity contribution in [3.63, 3.8) is 0 Å². The number of carbonyl (C=O) groups is 2. The van der Waals surface area contributed by atoms with E-state index in [1.165, 1.54) is 52.3 Å². The van der Waals surface area contributed by atoms with Crippen molar-refractivity contribution in [1.82, 2.24) is 20.1 Å². The van der Waals surface area contributed by atoms with Gasteiger partial charge in [-0.2, -0.15) is 5.10 Å². The number of benzene rings is 1. The summed E-state index contributed by atoms with van der Waals surface area (Å²) in [4.78, 5) is 30.6. The highest BCUT2D eigenvalue weighted by molar-refractivity contribution is 7.90. The minimum absolute atomic E-state index is 0.0624. The van der Waals surface area contributed by atoms with E-state index in [-0.39, 0.29) is 18.0 Å². The molecular weight excluding hydrogens is 489 g/mol. The standard InChI is InChI=1S/C24H26FN5O5S/c1-3-4-19(15-9-10-26-22(12-15)36(2,34)35)28-24(33)29-14-16(23(31)32)11-20-21(29)13-27-30(20)18-7-5-17(25)6-8-18/h5-10,12-13,16,19H,3-4,11,14H2,1-2H3,(H,28,33)(H,31,32). The SMILES string of the molecule is CCCC(NC(=O)N1CC(C(=O)O)Cc2c1cnn2-c1ccc(F)cc1)c1ccnc(S(C)(=O)=O)c1. The van der Waals surface area contributed by atoms with Gasteiger partial charge in [0.05, 0.1) is 35.2 Å². The average Bonchev–Trinajstić information content (AvgIpc) is 3.27. The molecule has 1 aliphatic rings. The Morgan fingerprint density at radius 2 is 1.97 bits per heavy atom. The molecule has 0 saturated carbocycles. The Bertz CT molecular complexity index is 1390. The molecule has 2 atom stereocenters. The van der Waals surface area contributed by atoms with Gasteiger partial charge in [0.25, 0.3) is 0 Å². The quantitative estimate of drug-likeness (QED) is 0.494. The summed E-state index contributed by atoms with van der Waals surface area (Å²) in [5.74, 6) is -2.34. The molecule has 190 valence electrons. The number of urea groups is 1. The van der Waals surface area contributed by atoms with Crippen molar-refractivity contribution >= 4 is 27.5 Å². The molecule has 3 aromatic rings. The summed E-state index contributed by atoms with van der Waals surface area (Å²) in [6.45, 7) is 1.87. The Morgan fingerprint density at radius 1 is 1.25 bits per heavy atom. The van der Waals surface area contributed by atoms with Gasteiger partial charge in [-0.15, -0.1) is 0 Å². The van der Waals surface area contributed by atoms with Gasteiger partial charge in [-0.3, -0.25) is 9.69 Å². The predicted octanol–water partition coefficient (Wildman–Crippen LogP) is 3.12. The normalized spacial score (nSPS) is 16.3. The number of hydrogen-bond acceptors (Lipinski definition) is 6. The van der Waals surface area contributed by atoms with Crippen LogP contribution in [0.25, 0.3) is 5.69 Å². The molecule has 1 aliphatic heterocycles. The van der Waals surface area contributed by atoms with E-state index in [4.69, 9.17) is 0 Å². The van der Waals surface area contributed by atoms with Crippen LogP contribution in [0.4, 0.5) is 14.9 Å². The van der Waals surface area contributed by atoms with E-state index in [1.54, 1.807) is 6.07 Å². The number of amides is 2. The molecule has 0 bridgehead atoms. The molecular formula is C24H26FN5O5S. The van der Waals surface area contributed by atoms with Gasteiger partial charge in [0.2, 0.25) is 0 Å². The fourth-order valence-electron chi connectivity index (χ4n) is 4.24. The first kappa shape index (κ1) is 25.3. The third-order valence-corrected chi connectivity index (χ3v) is 7.05. The maximum atomic E-state index is 13.5. The predicted molar refractivity (Wildman–Crippen MR) is 129 cm³/mol. The van der Waals surface area contributed by atoms with Gasteiger partial charge in [0.15, 0.2) is 14.9 Å². The monoisotopic (exact) mass is 515 g/mol. The minimum atomic E-state index is -3.54. The number of pyridine rings is 1. The van der Waals surface area contributed by atoms with E-state index >= 15 is 0 Å². The smallest absolute Gasteiger partial charge is 0.322 e. The number of fused-ring (bicyclic) bond motifs is 1. The van der Waals surface area contributed by atoms with Crippen LogP contribution in [0.3, 0.4) is 0 Å². The average molecular weight is 516 g/mol. The molecule has 2 amide bonds. The molecule has 36 heavy (non-hydrogen) atoms. The van der Waals surface area contributed by atoms with Gasteiger partial charge < -0.3 is 10.4 Å². The van der Waals surface area contributed by atoms with Crippen LogP contribution in [0.1, 0.15) is 37.1 Å². The fraction of sp³-hybridized carbons (Fsp3) is 0.333. The van der Waals surface area contributed by atoms with Crippen molar-refractivity contribution in [1.29, 1.82) is 0 Å². The number of hydrogen-bond donors (Lipinski definition) is 2. The first-order valence-corrected chi connectivity index (χ1v) is 13.3. The van der Waals surface area contributed by atoms with Gasteiger partial charge in [0.1, 0.15) is 5.82 Å². The minimum Gasteiger partial charge on any atom is -0.481 e. The number of nitrogens with zero attached hydrogens (tertiary/aromatic N) is 4. The summed E-state index contributed by atoms with van der Waals surface area (Å²) in [7, 11) is -3.54. The van der Waals surface area contributed by atoms with Crippen molar-refractivity contribution in [3.05, 3.63) is 65.9 Å². The molecule has 2 aromatic heterocycles. The molecule has 0 spiro atoms. The number of aromatic nitrogens is 3. The lowest BCUT2D eigenvalue weighted by Crippen LogP contribution is -2.48. The molecule has 0 saturated heterocycles. The third-order valence-electron chi connectivity index (χ3n) is 6.06. The van der Waals surface area contributed by atoms with Crippen LogP contribution in [0.15, 0.2) is 53.8 Å². The Balaban J connectivity index is 1.67. The number of anilines is 1. The maximum Gasteiger partial charge on any atom is 0.322 e. The lowest BCUT2D eigenvalue weighted by molar-refractivity contribution is -0.141. The Kier molecular flexibility index (Phi) is 7.07. The second kappa shape index (κ2) is 10.1. The summed E-state index contributed by atoms with van der Waals surface area (Å²) in [5, 5.41) is 16.9. The highest BCUT2D eigenvalue weighted by Crippen LogP contribution is 2.32. The summed E-state index contributed by atoms with van der Waals surface area (Å²) in [5.41, 5.74) is 2.09. The number of carboxylic acids is 1. The van der Waals surface area contributed by atoms with Crippen LogP contribution in [0, 0.1) is 11.7 Å². The molecule has 2 N–H and O–H groups in total. The van der Waals surface area contributed by atoms with Crippen molar-refractivity contribution in [2.75, 3.05) is 17.7 Å². The van der Waals surface area contributed by atoms with Crippen LogP contribution in [-0.2, 0) is 21.1 Å². The fourth-order valence-corrected chi connectivity index (χ4v) is 4.85. The number of carbonyl (C=O) groups excluding carboxylic acids is 1. The Hall–Kier alpha value is -3.80. The number of sulfone groups is 1. The zero-order chi connectivity index (χ0) is 26.0. The number of halogens is 1. The lowest BCUT2D eigenvalue weighted by Gasteiger charge is -2.32. The largest absolute Gasteiger partial charge is 0.481 e. The van der Waals surface area contributed by atoms with Crippen molar-refractivity contribution in [2.24, 2.45) is 5.92 Å². The van der Waals surface area contributed by atoms with Crippen molar-refractivity contribution in [3.8, 4) is 5.69 Å². The zero-order valence-electron chi connectivity index (χ0n) is 19.8. The van der Waals surface area contributed by atoms with Crippen molar-refractivity contribution in [2.45, 2.75) is 37.3 Å². The summed E-state index contributed by atoms with van der Waals surface area (Å²) in [6, 6.07) is 7.63. The highest BCUT2D eigenvalue weighted by atomic mass is 32.2. The number of nitrogens with one attached hydrogen (secondary N) is 1. The van der Waals surface area contributed by atoms with Crippen LogP contribution < -0.4 is 10.2 Å². The molecule has 0 radical (unpaired) electrons. The van der Waals surface area contributed by atoms with Crippen LogP contribution in [0.2, 0.25) is 0 Å². The molecule has 1 aromatic carbocycles. The zero-order valence-corrected chi connectivity index (χ0v) is 20.6. The van der Waals surface area contributed by atoms with E-state index in [0.717, 1.165) is 6.26 Å². The molecule has 4 rings (SSSR count). The molecule has 10 nitrogen and oxygen atoms in total. The topological polar surface area (TPSA) is 134 Å². The van der Waals surface area contributed by atoms with E-state index in [0.29, 0.717) is 35.5 Å². The van der Waals surface area contributed by atoms with Gasteiger partial charge >= 0.3 is 12.0 Å². The molecule has 2 unspecified atom stereocenters. The Morgan fingerprint density at radius 3 is 2.61 bits per heavy atom. The van der Waals surface area contributed by atoms with E-state index in [2.05, 4.69) is 15.4 Å². The van der Waals surface area contributed by atoms with E-state index in [1.807, 2.05) is 6.92 Å². The first-order valence-electron chi connectivity index (χ1n) is 11.4. The van der Waals surface area contributed by atoms with Gasteiger partial charge in [-0.05, 0) is 48.4 Å². The summed E-state index contributed by atoms with van der Waals surface area (Å²) >= 11 is 0. The van der Waals surface area contributed by atoms with Crippen LogP contribution >= 0.6 is 0 Å². The van der Waals surface area contributed by atoms with Crippen LogP contribution in [-0.4, -0.2) is 53.1 Å². The Labute approximate surface area is 207 Å². The molecule has 0 aliphatic carbocycles. The van der Waals surface area contributed by atoms with Crippen molar-refractivity contribution < 1.29 is 27.5 Å². The third kappa shape index (κ3) is 5.23. The van der Waals surface area contributed by atoms with Gasteiger partial charge in [-0.1, -0.05) is 13.3 Å². The van der Waals surface area contributed by atoms with Gasteiger partial charge in [0, 0.05) is 25.4 Å². The highest BCUT2D eigenvalue weighted by Gasteiger charge is 2.36. The van der Waals surface area contributed by atoms with Crippen LogP contribution in [0.5, 0.6) is 0 Å². The lowest BCUT2D eigenvalue weighted by atomic mass is 9.97. The second-order valence-electron chi connectivity index (χ2n) is 8.70. The second-order valence-corrected chi connectivity index (χ2v) is 10.7. The molecule has 12 heteroatoms. The maximum absolute atomic E-state index is 13.5. The van der Waals surface area contributed by atoms with E-state index < -0.39 is 39.6 Å². The first-order chi connectivity index (χ1) is 17.1. The summed E-state index contributed by atoms with van der Waals surface area (Å²) < 4.78 is 38.9. The number of rotatable bonds is 7. The molecule has 0 fully saturated rings. The summed E-state index contributed by atoms with van der Waals surface area (Å²) in [6.07, 6.45) is 5.30.